The van der Waals surface area contributed by atoms with Crippen LogP contribution in [0.3, 0.4) is 0 Å². The molecule has 0 fully saturated rings. The predicted octanol–water partition coefficient (Wildman–Crippen LogP) is 4.44. The number of carbonyl (C=O) groups is 1. The van der Waals surface area contributed by atoms with E-state index in [9.17, 15) is 9.59 Å². The molecule has 0 saturated carbocycles. The molecule has 0 atom stereocenters. The number of rotatable bonds is 6. The van der Waals surface area contributed by atoms with Crippen molar-refractivity contribution in [1.82, 2.24) is 9.47 Å². The average molecular weight is 369 g/mol. The molecule has 3 rings (SSSR count). The molecule has 1 aromatic carbocycles. The quantitative estimate of drug-likeness (QED) is 0.645. The van der Waals surface area contributed by atoms with Crippen molar-refractivity contribution in [1.29, 1.82) is 0 Å². The summed E-state index contributed by atoms with van der Waals surface area (Å²) in [6.45, 7) is 7.75. The minimum atomic E-state index is -0.0635. The summed E-state index contributed by atoms with van der Waals surface area (Å²) in [7, 11) is 0. The molecule has 0 spiro atoms. The first-order valence-electron chi connectivity index (χ1n) is 9.02. The lowest BCUT2D eigenvalue weighted by atomic mass is 10.1. The first-order chi connectivity index (χ1) is 12.6. The summed E-state index contributed by atoms with van der Waals surface area (Å²) in [6, 6.07) is 11.9. The van der Waals surface area contributed by atoms with Crippen molar-refractivity contribution in [3.8, 4) is 0 Å². The Morgan fingerprint density at radius 1 is 1.15 bits per heavy atom. The minimum Gasteiger partial charge on any atom is -0.335 e. The van der Waals surface area contributed by atoms with Crippen molar-refractivity contribution < 1.29 is 4.79 Å². The van der Waals surface area contributed by atoms with E-state index >= 15 is 0 Å². The summed E-state index contributed by atoms with van der Waals surface area (Å²) in [6.07, 6.45) is 2.72. The van der Waals surface area contributed by atoms with Crippen LogP contribution in [0.2, 0.25) is 0 Å². The summed E-state index contributed by atoms with van der Waals surface area (Å²) < 4.78 is 2.60. The van der Waals surface area contributed by atoms with Crippen LogP contribution >= 0.6 is 11.3 Å². The Kier molecular flexibility index (Phi) is 5.57. The molecule has 0 saturated heterocycles. The van der Waals surface area contributed by atoms with Gasteiger partial charge in [-0.25, -0.2) is 0 Å². The Balaban J connectivity index is 2.05. The van der Waals surface area contributed by atoms with Gasteiger partial charge in [0, 0.05) is 35.4 Å². The molecule has 0 N–H and O–H groups in total. The summed E-state index contributed by atoms with van der Waals surface area (Å²) >= 11 is 1.52. The van der Waals surface area contributed by atoms with Crippen molar-refractivity contribution in [2.24, 2.45) is 0 Å². The van der Waals surface area contributed by atoms with Gasteiger partial charge in [-0.05, 0) is 31.9 Å². The van der Waals surface area contributed by atoms with E-state index < -0.39 is 0 Å². The molecule has 4 nitrogen and oxygen atoms in total. The maximum atomic E-state index is 13.3. The van der Waals surface area contributed by atoms with Crippen LogP contribution < -0.4 is 5.56 Å². The van der Waals surface area contributed by atoms with Crippen LogP contribution in [0.1, 0.15) is 41.1 Å². The van der Waals surface area contributed by atoms with Gasteiger partial charge < -0.3 is 9.47 Å². The monoisotopic (exact) mass is 368 g/mol. The summed E-state index contributed by atoms with van der Waals surface area (Å²) in [5.41, 5.74) is 1.59. The third-order valence-corrected chi connectivity index (χ3v) is 5.63. The highest BCUT2D eigenvalue weighted by Gasteiger charge is 2.24. The van der Waals surface area contributed by atoms with Crippen LogP contribution in [-0.2, 0) is 13.1 Å². The standard InChI is InChI=1S/C21H24N2O2S/c1-4-12-23-13-11-17-19(21(23)25)18(15(3)26-17)20(24)22(5-2)14-16-9-7-6-8-10-16/h6-11,13H,4-5,12,14H2,1-3H3. The SMILES string of the molecule is CCCn1ccc2sc(C)c(C(=O)N(CC)Cc3ccccc3)c2c1=O. The van der Waals surface area contributed by atoms with Crippen LogP contribution in [0.25, 0.3) is 10.1 Å². The van der Waals surface area contributed by atoms with Crippen LogP contribution in [-0.4, -0.2) is 21.9 Å². The second-order valence-electron chi connectivity index (χ2n) is 6.39. The molecule has 0 unspecified atom stereocenters. The molecule has 2 heterocycles. The number of benzene rings is 1. The van der Waals surface area contributed by atoms with E-state index in [2.05, 4.69) is 0 Å². The molecule has 0 bridgehead atoms. The van der Waals surface area contributed by atoms with E-state index in [1.165, 1.54) is 11.3 Å². The van der Waals surface area contributed by atoms with E-state index in [0.717, 1.165) is 21.6 Å². The Labute approximate surface area is 157 Å². The van der Waals surface area contributed by atoms with Crippen LogP contribution in [0, 0.1) is 6.92 Å². The Hall–Kier alpha value is -2.40. The number of aromatic nitrogens is 1. The van der Waals surface area contributed by atoms with Gasteiger partial charge in [-0.2, -0.15) is 0 Å². The van der Waals surface area contributed by atoms with Gasteiger partial charge in [-0.15, -0.1) is 11.3 Å². The van der Waals surface area contributed by atoms with Crippen molar-refractivity contribution in [2.75, 3.05) is 6.54 Å². The van der Waals surface area contributed by atoms with Crippen LogP contribution in [0.5, 0.6) is 0 Å². The number of carbonyl (C=O) groups excluding carboxylic acids is 1. The fourth-order valence-corrected chi connectivity index (χ4v) is 4.27. The zero-order chi connectivity index (χ0) is 18.7. The normalized spacial score (nSPS) is 11.0. The summed E-state index contributed by atoms with van der Waals surface area (Å²) in [4.78, 5) is 28.9. The van der Waals surface area contributed by atoms with Gasteiger partial charge in [0.2, 0.25) is 0 Å². The molecular weight excluding hydrogens is 344 g/mol. The number of thiophene rings is 1. The fraction of sp³-hybridized carbons (Fsp3) is 0.333. The lowest BCUT2D eigenvalue weighted by molar-refractivity contribution is 0.0754. The highest BCUT2D eigenvalue weighted by molar-refractivity contribution is 7.19. The van der Waals surface area contributed by atoms with Crippen molar-refractivity contribution in [3.63, 3.8) is 0 Å². The Morgan fingerprint density at radius 2 is 1.88 bits per heavy atom. The number of aryl methyl sites for hydroxylation is 2. The van der Waals surface area contributed by atoms with Gasteiger partial charge in [0.25, 0.3) is 11.5 Å². The molecule has 1 amide bonds. The van der Waals surface area contributed by atoms with E-state index in [-0.39, 0.29) is 11.5 Å². The molecule has 26 heavy (non-hydrogen) atoms. The van der Waals surface area contributed by atoms with Crippen LogP contribution in [0.4, 0.5) is 0 Å². The van der Waals surface area contributed by atoms with Gasteiger partial charge in [-0.1, -0.05) is 37.3 Å². The molecule has 0 aliphatic carbocycles. The lowest BCUT2D eigenvalue weighted by Crippen LogP contribution is -2.31. The zero-order valence-electron chi connectivity index (χ0n) is 15.5. The van der Waals surface area contributed by atoms with Gasteiger partial charge in [-0.3, -0.25) is 9.59 Å². The average Bonchev–Trinajstić information content (AvgIpc) is 2.99. The van der Waals surface area contributed by atoms with Gasteiger partial charge in [0.15, 0.2) is 0 Å². The molecule has 3 aromatic rings. The van der Waals surface area contributed by atoms with Crippen molar-refractivity contribution in [3.05, 3.63) is 69.0 Å². The third kappa shape index (κ3) is 3.44. The number of fused-ring (bicyclic) bond motifs is 1. The van der Waals surface area contributed by atoms with E-state index in [1.54, 1.807) is 9.47 Å². The topological polar surface area (TPSA) is 42.3 Å². The number of amides is 1. The molecular formula is C21H24N2O2S. The molecule has 136 valence electrons. The second kappa shape index (κ2) is 7.87. The predicted molar refractivity (Wildman–Crippen MR) is 108 cm³/mol. The maximum absolute atomic E-state index is 13.3. The third-order valence-electron chi connectivity index (χ3n) is 4.56. The summed E-state index contributed by atoms with van der Waals surface area (Å²) in [5, 5.41) is 0.569. The maximum Gasteiger partial charge on any atom is 0.260 e. The van der Waals surface area contributed by atoms with Gasteiger partial charge >= 0.3 is 0 Å². The number of pyridine rings is 1. The first kappa shape index (κ1) is 18.4. The largest absolute Gasteiger partial charge is 0.335 e. The van der Waals surface area contributed by atoms with Crippen molar-refractivity contribution >= 4 is 27.3 Å². The van der Waals surface area contributed by atoms with E-state index in [0.29, 0.717) is 30.6 Å². The highest BCUT2D eigenvalue weighted by atomic mass is 32.1. The Morgan fingerprint density at radius 3 is 2.54 bits per heavy atom. The Bertz CT molecular complexity index is 973. The van der Waals surface area contributed by atoms with E-state index in [1.807, 2.05) is 63.4 Å². The van der Waals surface area contributed by atoms with Gasteiger partial charge in [0.1, 0.15) is 0 Å². The highest BCUT2D eigenvalue weighted by Crippen LogP contribution is 2.29. The molecule has 0 aliphatic heterocycles. The van der Waals surface area contributed by atoms with E-state index in [4.69, 9.17) is 0 Å². The molecule has 5 heteroatoms. The first-order valence-corrected chi connectivity index (χ1v) is 9.84. The minimum absolute atomic E-state index is 0.0622. The van der Waals surface area contributed by atoms with Crippen molar-refractivity contribution in [2.45, 2.75) is 40.3 Å². The lowest BCUT2D eigenvalue weighted by Gasteiger charge is -2.21. The number of hydrogen-bond acceptors (Lipinski definition) is 3. The van der Waals surface area contributed by atoms with Crippen LogP contribution in [0.15, 0.2) is 47.4 Å². The second-order valence-corrected chi connectivity index (χ2v) is 7.65. The smallest absolute Gasteiger partial charge is 0.260 e. The number of hydrogen-bond donors (Lipinski definition) is 0. The molecule has 0 radical (unpaired) electrons. The van der Waals surface area contributed by atoms with Gasteiger partial charge in [0.05, 0.1) is 10.9 Å². The number of nitrogens with zero attached hydrogens (tertiary/aromatic N) is 2. The zero-order valence-corrected chi connectivity index (χ0v) is 16.3. The fourth-order valence-electron chi connectivity index (χ4n) is 3.23. The molecule has 0 aliphatic rings. The molecule has 2 aromatic heterocycles. The summed E-state index contributed by atoms with van der Waals surface area (Å²) in [5.74, 6) is -0.0635.